The number of aromatic nitrogens is 3. The summed E-state index contributed by atoms with van der Waals surface area (Å²) in [6.45, 7) is 1.43. The molecule has 13 heteroatoms. The van der Waals surface area contributed by atoms with Crippen molar-refractivity contribution >= 4 is 11.9 Å². The van der Waals surface area contributed by atoms with Gasteiger partial charge in [0.25, 0.3) is 5.91 Å². The van der Waals surface area contributed by atoms with Gasteiger partial charge in [-0.05, 0) is 29.8 Å². The summed E-state index contributed by atoms with van der Waals surface area (Å²) in [6.07, 6.45) is -4.54. The summed E-state index contributed by atoms with van der Waals surface area (Å²) in [4.78, 5) is 33.7. The van der Waals surface area contributed by atoms with Gasteiger partial charge in [0.05, 0.1) is 18.8 Å². The van der Waals surface area contributed by atoms with Crippen LogP contribution in [0.4, 0.5) is 13.2 Å². The number of halogens is 3. The van der Waals surface area contributed by atoms with Crippen LogP contribution in [0.3, 0.4) is 0 Å². The van der Waals surface area contributed by atoms with Crippen molar-refractivity contribution in [1.29, 1.82) is 0 Å². The maximum atomic E-state index is 13.4. The minimum absolute atomic E-state index is 0.0300. The summed E-state index contributed by atoms with van der Waals surface area (Å²) in [5, 5.41) is 16.0. The molecule has 1 amide bonds. The first-order chi connectivity index (χ1) is 20.6. The first-order valence-electron chi connectivity index (χ1n) is 12.8. The maximum Gasteiger partial charge on any atom is 0.416 e. The Morgan fingerprint density at radius 3 is 2.19 bits per heavy atom. The van der Waals surface area contributed by atoms with Crippen molar-refractivity contribution in [3.05, 3.63) is 102 Å². The summed E-state index contributed by atoms with van der Waals surface area (Å²) >= 11 is 0. The Morgan fingerprint density at radius 1 is 0.930 bits per heavy atom. The smallest absolute Gasteiger partial charge is 0.416 e. The van der Waals surface area contributed by atoms with Crippen LogP contribution in [0.15, 0.2) is 87.8 Å². The highest BCUT2D eigenvalue weighted by atomic mass is 19.4. The van der Waals surface area contributed by atoms with Crippen LogP contribution in [0.1, 0.15) is 27.5 Å². The zero-order valence-corrected chi connectivity index (χ0v) is 22.5. The molecule has 2 heterocycles. The second-order valence-corrected chi connectivity index (χ2v) is 9.35. The van der Waals surface area contributed by atoms with Gasteiger partial charge in [0.1, 0.15) is 0 Å². The van der Waals surface area contributed by atoms with E-state index in [9.17, 15) is 27.9 Å². The molecule has 0 bridgehead atoms. The van der Waals surface area contributed by atoms with Crippen LogP contribution >= 0.6 is 0 Å². The van der Waals surface area contributed by atoms with Gasteiger partial charge in [0.15, 0.2) is 17.5 Å². The quantitative estimate of drug-likeness (QED) is 0.206. The normalized spacial score (nSPS) is 12.2. The molecule has 220 valence electrons. The third-order valence-electron chi connectivity index (χ3n) is 6.23. The lowest BCUT2D eigenvalue weighted by Gasteiger charge is -2.14. The average Bonchev–Trinajstić information content (AvgIpc) is 3.64. The number of carboxylic acids is 1. The largest absolute Gasteiger partial charge is 0.480 e. The van der Waals surface area contributed by atoms with E-state index in [-0.39, 0.29) is 36.1 Å². The summed E-state index contributed by atoms with van der Waals surface area (Å²) in [7, 11) is 0. The third kappa shape index (κ3) is 6.96. The number of alkyl halides is 3. The highest BCUT2D eigenvalue weighted by molar-refractivity contribution is 6.00. The van der Waals surface area contributed by atoms with E-state index in [4.69, 9.17) is 13.7 Å². The van der Waals surface area contributed by atoms with E-state index >= 15 is 0 Å². The number of nitrogens with one attached hydrogen (secondary N) is 1. The standard InChI is InChI=1S/C30H23F3N4O6/c1-17-34-26(37-43-17)20-9-7-19(8-10-20)25-24(36-28(42-25)21-11-13-22(14-12-21)30(31,32)33)27(38)35-23(29(39)40)16-41-15-18-5-3-2-4-6-18/h2-14,23H,15-16H2,1H3,(H,35,38)(H,39,40)/t23-/m0/s1. The molecule has 3 aromatic carbocycles. The van der Waals surface area contributed by atoms with E-state index in [1.807, 2.05) is 30.3 Å². The van der Waals surface area contributed by atoms with Gasteiger partial charge in [-0.1, -0.05) is 59.8 Å². The number of hydrogen-bond acceptors (Lipinski definition) is 8. The fraction of sp³-hybridized carbons (Fsp3) is 0.167. The van der Waals surface area contributed by atoms with Gasteiger partial charge in [0.2, 0.25) is 17.6 Å². The second-order valence-electron chi connectivity index (χ2n) is 9.35. The molecule has 0 radical (unpaired) electrons. The Kier molecular flexibility index (Phi) is 8.34. The van der Waals surface area contributed by atoms with E-state index in [0.29, 0.717) is 22.8 Å². The van der Waals surface area contributed by atoms with E-state index in [0.717, 1.165) is 17.7 Å². The zero-order valence-electron chi connectivity index (χ0n) is 22.5. The highest BCUT2D eigenvalue weighted by Gasteiger charge is 2.31. The Bertz CT molecular complexity index is 1720. The number of carbonyl (C=O) groups is 2. The molecule has 5 rings (SSSR count). The molecule has 0 fully saturated rings. The van der Waals surface area contributed by atoms with Crippen LogP contribution in [0.2, 0.25) is 0 Å². The van der Waals surface area contributed by atoms with Crippen molar-refractivity contribution in [3.63, 3.8) is 0 Å². The number of carbonyl (C=O) groups excluding carboxylic acids is 1. The number of amides is 1. The molecule has 0 spiro atoms. The van der Waals surface area contributed by atoms with Gasteiger partial charge < -0.3 is 24.1 Å². The number of ether oxygens (including phenoxy) is 1. The molecular weight excluding hydrogens is 569 g/mol. The minimum Gasteiger partial charge on any atom is -0.480 e. The van der Waals surface area contributed by atoms with Crippen LogP contribution < -0.4 is 5.32 Å². The summed E-state index contributed by atoms with van der Waals surface area (Å²) in [6, 6.07) is 18.2. The van der Waals surface area contributed by atoms with Crippen LogP contribution in [0.25, 0.3) is 34.2 Å². The predicted molar refractivity (Wildman–Crippen MR) is 145 cm³/mol. The third-order valence-corrected chi connectivity index (χ3v) is 6.23. The highest BCUT2D eigenvalue weighted by Crippen LogP contribution is 2.34. The van der Waals surface area contributed by atoms with Gasteiger partial charge in [-0.15, -0.1) is 0 Å². The fourth-order valence-electron chi connectivity index (χ4n) is 4.05. The molecule has 0 unspecified atom stereocenters. The topological polar surface area (TPSA) is 141 Å². The van der Waals surface area contributed by atoms with Gasteiger partial charge in [0, 0.05) is 23.6 Å². The number of aryl methyl sites for hydroxylation is 1. The number of rotatable bonds is 10. The first kappa shape index (κ1) is 29.2. The van der Waals surface area contributed by atoms with Crippen LogP contribution in [-0.4, -0.2) is 44.8 Å². The van der Waals surface area contributed by atoms with Crippen molar-refractivity contribution in [3.8, 4) is 34.2 Å². The molecule has 0 aliphatic rings. The number of aliphatic carboxylic acids is 1. The molecule has 0 saturated carbocycles. The Hall–Kier alpha value is -5.30. The Labute approximate surface area is 242 Å². The van der Waals surface area contributed by atoms with Gasteiger partial charge >= 0.3 is 12.1 Å². The van der Waals surface area contributed by atoms with Crippen molar-refractivity contribution in [2.75, 3.05) is 6.61 Å². The number of nitrogens with zero attached hydrogens (tertiary/aromatic N) is 3. The van der Waals surface area contributed by atoms with E-state index in [1.54, 1.807) is 31.2 Å². The van der Waals surface area contributed by atoms with Gasteiger partial charge in [-0.2, -0.15) is 18.2 Å². The molecule has 0 aliphatic carbocycles. The summed E-state index contributed by atoms with van der Waals surface area (Å²) in [5.74, 6) is -1.68. The lowest BCUT2D eigenvalue weighted by atomic mass is 10.1. The lowest BCUT2D eigenvalue weighted by molar-refractivity contribution is -0.141. The number of benzene rings is 3. The maximum absolute atomic E-state index is 13.4. The van der Waals surface area contributed by atoms with Crippen molar-refractivity contribution in [2.24, 2.45) is 0 Å². The molecule has 2 aromatic heterocycles. The zero-order chi connectivity index (χ0) is 30.6. The van der Waals surface area contributed by atoms with Crippen LogP contribution in [0.5, 0.6) is 0 Å². The molecule has 2 N–H and O–H groups in total. The first-order valence-corrected chi connectivity index (χ1v) is 12.8. The van der Waals surface area contributed by atoms with E-state index in [1.165, 1.54) is 12.1 Å². The Morgan fingerprint density at radius 2 is 1.58 bits per heavy atom. The molecule has 1 atom stereocenters. The van der Waals surface area contributed by atoms with Crippen molar-refractivity contribution < 1.29 is 41.5 Å². The van der Waals surface area contributed by atoms with Gasteiger partial charge in [-0.3, -0.25) is 4.79 Å². The predicted octanol–water partition coefficient (Wildman–Crippen LogP) is 5.79. The average molecular weight is 593 g/mol. The molecule has 43 heavy (non-hydrogen) atoms. The Balaban J connectivity index is 1.43. The summed E-state index contributed by atoms with van der Waals surface area (Å²) in [5.41, 5.74) is 0.841. The molecule has 10 nitrogen and oxygen atoms in total. The van der Waals surface area contributed by atoms with E-state index < -0.39 is 29.7 Å². The molecule has 0 saturated heterocycles. The van der Waals surface area contributed by atoms with Gasteiger partial charge in [-0.25, -0.2) is 9.78 Å². The second kappa shape index (κ2) is 12.3. The minimum atomic E-state index is -4.54. The van der Waals surface area contributed by atoms with Crippen molar-refractivity contribution in [2.45, 2.75) is 25.7 Å². The molecule has 0 aliphatic heterocycles. The number of oxazole rings is 1. The lowest BCUT2D eigenvalue weighted by Crippen LogP contribution is -2.44. The number of carboxylic acid groups (broad SMARTS) is 1. The van der Waals surface area contributed by atoms with Crippen molar-refractivity contribution in [1.82, 2.24) is 20.4 Å². The SMILES string of the molecule is Cc1nc(-c2ccc(-c3oc(-c4ccc(C(F)(F)F)cc4)nc3C(=O)N[C@@H](COCc3ccccc3)C(=O)O)cc2)no1. The van der Waals surface area contributed by atoms with E-state index in [2.05, 4.69) is 20.4 Å². The monoisotopic (exact) mass is 592 g/mol. The summed E-state index contributed by atoms with van der Waals surface area (Å²) < 4.78 is 55.6. The van der Waals surface area contributed by atoms with Crippen LogP contribution in [0, 0.1) is 6.92 Å². The molecule has 5 aromatic rings. The number of hydrogen-bond donors (Lipinski definition) is 2. The molecular formula is C30H23F3N4O6. The fourth-order valence-corrected chi connectivity index (χ4v) is 4.05. The van der Waals surface area contributed by atoms with Crippen LogP contribution in [-0.2, 0) is 22.3 Å².